The van der Waals surface area contributed by atoms with Gasteiger partial charge in [0.05, 0.1) is 0 Å². The fourth-order valence-corrected chi connectivity index (χ4v) is 2.03. The summed E-state index contributed by atoms with van der Waals surface area (Å²) in [5, 5.41) is 3.55. The van der Waals surface area contributed by atoms with Crippen LogP contribution in [0.5, 0.6) is 0 Å². The summed E-state index contributed by atoms with van der Waals surface area (Å²) in [6.45, 7) is 10.3. The maximum Gasteiger partial charge on any atom is 0.250 e. The average Bonchev–Trinajstić information content (AvgIpc) is 2.36. The van der Waals surface area contributed by atoms with Crippen molar-refractivity contribution < 1.29 is 0 Å². The predicted molar refractivity (Wildman–Crippen MR) is 77.0 cm³/mol. The number of rotatable bonds is 7. The van der Waals surface area contributed by atoms with E-state index in [-0.39, 0.29) is 5.56 Å². The molecule has 1 rings (SSSR count). The summed E-state index contributed by atoms with van der Waals surface area (Å²) < 4.78 is 1.81. The highest BCUT2D eigenvalue weighted by Gasteiger charge is 2.15. The molecule has 0 aromatic carbocycles. The van der Waals surface area contributed by atoms with Gasteiger partial charge < -0.3 is 9.88 Å². The lowest BCUT2D eigenvalue weighted by atomic mass is 9.99. The van der Waals surface area contributed by atoms with Gasteiger partial charge in [-0.2, -0.15) is 0 Å². The van der Waals surface area contributed by atoms with Gasteiger partial charge in [0.2, 0.25) is 0 Å². The van der Waals surface area contributed by atoms with Crippen LogP contribution in [0.2, 0.25) is 0 Å². The first kappa shape index (κ1) is 15.0. The minimum Gasteiger partial charge on any atom is -0.314 e. The Kier molecular flexibility index (Phi) is 6.13. The minimum atomic E-state index is 0.0987. The zero-order valence-corrected chi connectivity index (χ0v) is 12.1. The molecule has 1 aromatic rings. The standard InChI is InChI=1S/C15H26N2O/c1-5-8-16-14(13(4)6-2)11-17-9-7-12(3)10-15(17)18/h7,9-10,13-14,16H,5-6,8,11H2,1-4H3. The van der Waals surface area contributed by atoms with Crippen molar-refractivity contribution in [3.63, 3.8) is 0 Å². The van der Waals surface area contributed by atoms with Crippen molar-refractivity contribution >= 4 is 0 Å². The Morgan fingerprint density at radius 1 is 1.39 bits per heavy atom. The van der Waals surface area contributed by atoms with Gasteiger partial charge in [-0.05, 0) is 37.4 Å². The molecule has 2 atom stereocenters. The lowest BCUT2D eigenvalue weighted by Crippen LogP contribution is -2.41. The first-order chi connectivity index (χ1) is 8.58. The van der Waals surface area contributed by atoms with E-state index in [1.165, 1.54) is 0 Å². The second-order valence-electron chi connectivity index (χ2n) is 5.14. The molecule has 0 saturated carbocycles. The Morgan fingerprint density at radius 3 is 2.67 bits per heavy atom. The third-order valence-corrected chi connectivity index (χ3v) is 3.53. The van der Waals surface area contributed by atoms with Crippen molar-refractivity contribution in [1.82, 2.24) is 9.88 Å². The smallest absolute Gasteiger partial charge is 0.250 e. The molecule has 1 heterocycles. The quantitative estimate of drug-likeness (QED) is 0.807. The van der Waals surface area contributed by atoms with Gasteiger partial charge >= 0.3 is 0 Å². The van der Waals surface area contributed by atoms with Crippen LogP contribution in [-0.2, 0) is 6.54 Å². The van der Waals surface area contributed by atoms with Crippen LogP contribution >= 0.6 is 0 Å². The van der Waals surface area contributed by atoms with Gasteiger partial charge in [-0.25, -0.2) is 0 Å². The fourth-order valence-electron chi connectivity index (χ4n) is 2.03. The van der Waals surface area contributed by atoms with Gasteiger partial charge in [-0.15, -0.1) is 0 Å². The van der Waals surface area contributed by atoms with Gasteiger partial charge in [0, 0.05) is 24.8 Å². The van der Waals surface area contributed by atoms with Gasteiger partial charge in [-0.1, -0.05) is 27.2 Å². The highest BCUT2D eigenvalue weighted by molar-refractivity contribution is 5.08. The van der Waals surface area contributed by atoms with Gasteiger partial charge in [-0.3, -0.25) is 4.79 Å². The van der Waals surface area contributed by atoms with E-state index in [1.807, 2.05) is 23.8 Å². The van der Waals surface area contributed by atoms with E-state index < -0.39 is 0 Å². The summed E-state index contributed by atoms with van der Waals surface area (Å²) in [5.41, 5.74) is 1.12. The number of nitrogens with one attached hydrogen (secondary N) is 1. The molecule has 3 heteroatoms. The van der Waals surface area contributed by atoms with E-state index in [2.05, 4.69) is 26.1 Å². The molecule has 2 unspecified atom stereocenters. The molecule has 1 aromatic heterocycles. The second kappa shape index (κ2) is 7.37. The third kappa shape index (κ3) is 4.30. The molecular formula is C15H26N2O. The molecule has 0 aliphatic heterocycles. The summed E-state index contributed by atoms with van der Waals surface area (Å²) in [5.74, 6) is 0.574. The molecular weight excluding hydrogens is 224 g/mol. The van der Waals surface area contributed by atoms with E-state index in [0.29, 0.717) is 12.0 Å². The van der Waals surface area contributed by atoms with E-state index in [9.17, 15) is 4.79 Å². The van der Waals surface area contributed by atoms with Crippen LogP contribution in [0.25, 0.3) is 0 Å². The van der Waals surface area contributed by atoms with Crippen molar-refractivity contribution in [3.8, 4) is 0 Å². The first-order valence-corrected chi connectivity index (χ1v) is 6.99. The van der Waals surface area contributed by atoms with Crippen LogP contribution in [0.4, 0.5) is 0 Å². The Morgan fingerprint density at radius 2 is 2.11 bits per heavy atom. The normalized spacial score (nSPS) is 14.4. The lowest BCUT2D eigenvalue weighted by molar-refractivity contribution is 0.327. The van der Waals surface area contributed by atoms with Gasteiger partial charge in [0.1, 0.15) is 0 Å². The van der Waals surface area contributed by atoms with Crippen LogP contribution < -0.4 is 10.9 Å². The monoisotopic (exact) mass is 250 g/mol. The molecule has 0 fully saturated rings. The zero-order chi connectivity index (χ0) is 13.5. The molecule has 18 heavy (non-hydrogen) atoms. The maximum absolute atomic E-state index is 11.9. The van der Waals surface area contributed by atoms with Crippen LogP contribution in [0.15, 0.2) is 23.1 Å². The molecule has 0 spiro atoms. The topological polar surface area (TPSA) is 34.0 Å². The first-order valence-electron chi connectivity index (χ1n) is 6.99. The van der Waals surface area contributed by atoms with Crippen molar-refractivity contribution in [2.75, 3.05) is 6.54 Å². The number of aryl methyl sites for hydroxylation is 1. The van der Waals surface area contributed by atoms with Crippen LogP contribution in [0, 0.1) is 12.8 Å². The Labute approximate surface area is 110 Å². The van der Waals surface area contributed by atoms with Crippen molar-refractivity contribution in [2.45, 2.75) is 53.1 Å². The van der Waals surface area contributed by atoms with Crippen LogP contribution in [0.3, 0.4) is 0 Å². The molecule has 0 amide bonds. The van der Waals surface area contributed by atoms with Crippen molar-refractivity contribution in [2.24, 2.45) is 5.92 Å². The number of pyridine rings is 1. The molecule has 0 saturated heterocycles. The summed E-state index contributed by atoms with van der Waals surface area (Å²) in [6.07, 6.45) is 4.15. The van der Waals surface area contributed by atoms with E-state index in [4.69, 9.17) is 0 Å². The average molecular weight is 250 g/mol. The lowest BCUT2D eigenvalue weighted by Gasteiger charge is -2.25. The molecule has 0 radical (unpaired) electrons. The largest absolute Gasteiger partial charge is 0.314 e. The Balaban J connectivity index is 2.78. The van der Waals surface area contributed by atoms with Gasteiger partial charge in [0.15, 0.2) is 0 Å². The Hall–Kier alpha value is -1.09. The summed E-state index contributed by atoms with van der Waals surface area (Å²) in [6, 6.07) is 4.07. The summed E-state index contributed by atoms with van der Waals surface area (Å²) in [4.78, 5) is 11.9. The molecule has 0 bridgehead atoms. The molecule has 0 aliphatic rings. The third-order valence-electron chi connectivity index (χ3n) is 3.53. The van der Waals surface area contributed by atoms with Crippen LogP contribution in [0.1, 0.15) is 39.2 Å². The predicted octanol–water partition coefficient (Wildman–Crippen LogP) is 2.57. The molecule has 1 N–H and O–H groups in total. The van der Waals surface area contributed by atoms with E-state index in [1.54, 1.807) is 6.07 Å². The highest BCUT2D eigenvalue weighted by atomic mass is 16.1. The number of hydrogen-bond donors (Lipinski definition) is 1. The molecule has 3 nitrogen and oxygen atoms in total. The Bertz CT molecular complexity index is 411. The van der Waals surface area contributed by atoms with Crippen molar-refractivity contribution in [1.29, 1.82) is 0 Å². The number of aromatic nitrogens is 1. The van der Waals surface area contributed by atoms with E-state index >= 15 is 0 Å². The number of hydrogen-bond acceptors (Lipinski definition) is 2. The number of nitrogens with zero attached hydrogens (tertiary/aromatic N) is 1. The maximum atomic E-state index is 11.9. The van der Waals surface area contributed by atoms with E-state index in [0.717, 1.165) is 31.5 Å². The highest BCUT2D eigenvalue weighted by Crippen LogP contribution is 2.09. The van der Waals surface area contributed by atoms with Crippen LogP contribution in [-0.4, -0.2) is 17.2 Å². The summed E-state index contributed by atoms with van der Waals surface area (Å²) in [7, 11) is 0. The zero-order valence-electron chi connectivity index (χ0n) is 12.1. The minimum absolute atomic E-state index is 0.0987. The molecule has 102 valence electrons. The SMILES string of the molecule is CCCNC(Cn1ccc(C)cc1=O)C(C)CC. The fraction of sp³-hybridized carbons (Fsp3) is 0.667. The van der Waals surface area contributed by atoms with Crippen molar-refractivity contribution in [3.05, 3.63) is 34.2 Å². The van der Waals surface area contributed by atoms with Gasteiger partial charge in [0.25, 0.3) is 5.56 Å². The molecule has 0 aliphatic carbocycles. The summed E-state index contributed by atoms with van der Waals surface area (Å²) >= 11 is 0. The second-order valence-corrected chi connectivity index (χ2v) is 5.14.